The van der Waals surface area contributed by atoms with Crippen molar-refractivity contribution in [2.45, 2.75) is 19.3 Å². The summed E-state index contributed by atoms with van der Waals surface area (Å²) < 4.78 is 32.8. The first kappa shape index (κ1) is 12.0. The fourth-order valence-electron chi connectivity index (χ4n) is 1.70. The Bertz CT molecular complexity index is 522. The monoisotopic (exact) mass is 240 g/mol. The number of nitrogens with one attached hydrogen (secondary N) is 1. The lowest BCUT2D eigenvalue weighted by atomic mass is 10.1. The molecular formula is C12H14F2N2O. The number of aryl methyl sites for hydroxylation is 1. The zero-order valence-electron chi connectivity index (χ0n) is 9.76. The van der Waals surface area contributed by atoms with Crippen molar-refractivity contribution in [1.29, 1.82) is 0 Å². The molecule has 17 heavy (non-hydrogen) atoms. The number of halogens is 2. The van der Waals surface area contributed by atoms with Crippen LogP contribution < -0.4 is 5.32 Å². The molecule has 2 aromatic rings. The number of fused-ring (bicyclic) bond motifs is 1. The molecule has 0 bridgehead atoms. The van der Waals surface area contributed by atoms with Crippen LogP contribution in [0.3, 0.4) is 0 Å². The fraction of sp³-hybridized carbons (Fsp3) is 0.417. The van der Waals surface area contributed by atoms with Crippen molar-refractivity contribution in [3.05, 3.63) is 29.7 Å². The molecular weight excluding hydrogens is 226 g/mol. The first-order valence-electron chi connectivity index (χ1n) is 5.43. The summed E-state index contributed by atoms with van der Waals surface area (Å²) >= 11 is 0. The molecule has 1 N–H and O–H groups in total. The summed E-state index contributed by atoms with van der Waals surface area (Å²) in [4.78, 5) is 4.05. The minimum Gasteiger partial charge on any atom is -0.441 e. The average Bonchev–Trinajstić information content (AvgIpc) is 2.65. The summed E-state index contributed by atoms with van der Waals surface area (Å²) in [5.74, 6) is -2.36. The lowest BCUT2D eigenvalue weighted by Gasteiger charge is -2.16. The van der Waals surface area contributed by atoms with Crippen LogP contribution in [0.4, 0.5) is 8.78 Å². The van der Waals surface area contributed by atoms with E-state index in [9.17, 15) is 8.78 Å². The number of benzene rings is 1. The van der Waals surface area contributed by atoms with Gasteiger partial charge in [0.2, 0.25) is 0 Å². The zero-order valence-corrected chi connectivity index (χ0v) is 9.76. The number of hydrogen-bond acceptors (Lipinski definition) is 3. The van der Waals surface area contributed by atoms with E-state index in [0.717, 1.165) is 0 Å². The molecule has 3 nitrogen and oxygen atoms in total. The molecule has 0 aliphatic carbocycles. The molecule has 0 unspecified atom stereocenters. The van der Waals surface area contributed by atoms with Crippen LogP contribution in [0.15, 0.2) is 22.6 Å². The van der Waals surface area contributed by atoms with Crippen LogP contribution in [0.2, 0.25) is 0 Å². The zero-order chi connectivity index (χ0) is 12.5. The standard InChI is InChI=1S/C12H14F2N2O/c1-8-16-10-7-9(3-4-11(10)17-8)12(13,14)5-6-15-2/h3-4,7,15H,5-6H2,1-2H3. The normalized spacial score (nSPS) is 12.2. The third-order valence-electron chi connectivity index (χ3n) is 2.61. The van der Waals surface area contributed by atoms with Crippen LogP contribution in [-0.2, 0) is 5.92 Å². The van der Waals surface area contributed by atoms with Crippen molar-refractivity contribution in [3.63, 3.8) is 0 Å². The number of nitrogens with zero attached hydrogens (tertiary/aromatic N) is 1. The van der Waals surface area contributed by atoms with Crippen LogP contribution in [0.1, 0.15) is 17.9 Å². The second kappa shape index (κ2) is 4.41. The molecule has 0 fully saturated rings. The van der Waals surface area contributed by atoms with Gasteiger partial charge < -0.3 is 9.73 Å². The SMILES string of the molecule is CNCCC(F)(F)c1ccc2oc(C)nc2c1. The molecule has 0 atom stereocenters. The van der Waals surface area contributed by atoms with E-state index in [1.807, 2.05) is 0 Å². The quantitative estimate of drug-likeness (QED) is 0.893. The number of rotatable bonds is 4. The summed E-state index contributed by atoms with van der Waals surface area (Å²) in [5, 5.41) is 2.72. The molecule has 1 heterocycles. The summed E-state index contributed by atoms with van der Waals surface area (Å²) in [7, 11) is 1.65. The van der Waals surface area contributed by atoms with Gasteiger partial charge in [0, 0.05) is 25.5 Å². The third-order valence-corrected chi connectivity index (χ3v) is 2.61. The van der Waals surface area contributed by atoms with Gasteiger partial charge >= 0.3 is 0 Å². The minimum atomic E-state index is -2.84. The molecule has 1 aromatic heterocycles. The molecule has 0 amide bonds. The minimum absolute atomic E-state index is 0.0199. The van der Waals surface area contributed by atoms with Crippen molar-refractivity contribution in [2.24, 2.45) is 0 Å². The Balaban J connectivity index is 2.34. The summed E-state index contributed by atoms with van der Waals surface area (Å²) in [6.07, 6.45) is -0.230. The molecule has 0 spiro atoms. The van der Waals surface area contributed by atoms with E-state index in [1.54, 1.807) is 14.0 Å². The van der Waals surface area contributed by atoms with Gasteiger partial charge in [0.25, 0.3) is 5.92 Å². The van der Waals surface area contributed by atoms with E-state index in [4.69, 9.17) is 4.42 Å². The molecule has 92 valence electrons. The molecule has 0 radical (unpaired) electrons. The van der Waals surface area contributed by atoms with Gasteiger partial charge in [0.15, 0.2) is 11.5 Å². The van der Waals surface area contributed by atoms with Gasteiger partial charge in [-0.05, 0) is 25.2 Å². The highest BCUT2D eigenvalue weighted by Gasteiger charge is 2.31. The van der Waals surface area contributed by atoms with E-state index in [2.05, 4.69) is 10.3 Å². The first-order valence-corrected chi connectivity index (χ1v) is 5.43. The lowest BCUT2D eigenvalue weighted by Crippen LogP contribution is -2.20. The molecule has 0 aliphatic rings. The van der Waals surface area contributed by atoms with E-state index in [1.165, 1.54) is 18.2 Å². The molecule has 2 rings (SSSR count). The maximum absolute atomic E-state index is 13.8. The predicted molar refractivity (Wildman–Crippen MR) is 61.2 cm³/mol. The van der Waals surface area contributed by atoms with E-state index < -0.39 is 5.92 Å². The average molecular weight is 240 g/mol. The van der Waals surface area contributed by atoms with Crippen molar-refractivity contribution < 1.29 is 13.2 Å². The Morgan fingerprint density at radius 2 is 2.18 bits per heavy atom. The van der Waals surface area contributed by atoms with Gasteiger partial charge in [-0.15, -0.1) is 0 Å². The topological polar surface area (TPSA) is 38.1 Å². The smallest absolute Gasteiger partial charge is 0.274 e. The molecule has 0 saturated carbocycles. The fourth-order valence-corrected chi connectivity index (χ4v) is 1.70. The summed E-state index contributed by atoms with van der Waals surface area (Å²) in [5.41, 5.74) is 0.994. The van der Waals surface area contributed by atoms with E-state index in [-0.39, 0.29) is 18.5 Å². The van der Waals surface area contributed by atoms with E-state index >= 15 is 0 Å². The number of oxazole rings is 1. The second-order valence-corrected chi connectivity index (χ2v) is 3.97. The first-order chi connectivity index (χ1) is 8.03. The Morgan fingerprint density at radius 1 is 1.41 bits per heavy atom. The van der Waals surface area contributed by atoms with Gasteiger partial charge in [-0.2, -0.15) is 0 Å². The van der Waals surface area contributed by atoms with Crippen LogP contribution in [0, 0.1) is 6.92 Å². The maximum Gasteiger partial charge on any atom is 0.274 e. The van der Waals surface area contributed by atoms with Gasteiger partial charge in [-0.3, -0.25) is 0 Å². The maximum atomic E-state index is 13.8. The second-order valence-electron chi connectivity index (χ2n) is 3.97. The number of aromatic nitrogens is 1. The van der Waals surface area contributed by atoms with Crippen LogP contribution >= 0.6 is 0 Å². The van der Waals surface area contributed by atoms with Gasteiger partial charge in [0.1, 0.15) is 5.52 Å². The highest BCUT2D eigenvalue weighted by Crippen LogP contribution is 2.33. The van der Waals surface area contributed by atoms with Crippen molar-refractivity contribution in [1.82, 2.24) is 10.3 Å². The Morgan fingerprint density at radius 3 is 2.88 bits per heavy atom. The number of hydrogen-bond donors (Lipinski definition) is 1. The highest BCUT2D eigenvalue weighted by molar-refractivity contribution is 5.73. The van der Waals surface area contributed by atoms with Crippen molar-refractivity contribution in [2.75, 3.05) is 13.6 Å². The van der Waals surface area contributed by atoms with Gasteiger partial charge in [-0.25, -0.2) is 13.8 Å². The molecule has 1 aromatic carbocycles. The Kier molecular flexibility index (Phi) is 3.11. The third kappa shape index (κ3) is 2.44. The van der Waals surface area contributed by atoms with Crippen molar-refractivity contribution in [3.8, 4) is 0 Å². The van der Waals surface area contributed by atoms with Gasteiger partial charge in [-0.1, -0.05) is 0 Å². The Labute approximate surface area is 97.8 Å². The van der Waals surface area contributed by atoms with Crippen LogP contribution in [0.5, 0.6) is 0 Å². The summed E-state index contributed by atoms with van der Waals surface area (Å²) in [6, 6.07) is 4.32. The Hall–Kier alpha value is -1.49. The lowest BCUT2D eigenvalue weighted by molar-refractivity contribution is -0.0122. The molecule has 0 saturated heterocycles. The van der Waals surface area contributed by atoms with Gasteiger partial charge in [0.05, 0.1) is 0 Å². The summed E-state index contributed by atoms with van der Waals surface area (Å²) in [6.45, 7) is 1.96. The highest BCUT2D eigenvalue weighted by atomic mass is 19.3. The van der Waals surface area contributed by atoms with E-state index in [0.29, 0.717) is 17.0 Å². The predicted octanol–water partition coefficient (Wildman–Crippen LogP) is 2.84. The number of alkyl halides is 2. The van der Waals surface area contributed by atoms with Crippen LogP contribution in [-0.4, -0.2) is 18.6 Å². The molecule has 5 heteroatoms. The van der Waals surface area contributed by atoms with Crippen LogP contribution in [0.25, 0.3) is 11.1 Å². The van der Waals surface area contributed by atoms with Crippen molar-refractivity contribution >= 4 is 11.1 Å². The largest absolute Gasteiger partial charge is 0.441 e. The molecule has 0 aliphatic heterocycles.